The molecule has 1 aromatic heterocycles. The zero-order valence-corrected chi connectivity index (χ0v) is 14.3. The normalized spacial score (nSPS) is 12.3. The fourth-order valence-corrected chi connectivity index (χ4v) is 2.50. The molecule has 116 valence electrons. The third-order valence-electron chi connectivity index (χ3n) is 3.77. The predicted molar refractivity (Wildman–Crippen MR) is 87.1 cm³/mol. The summed E-state index contributed by atoms with van der Waals surface area (Å²) < 4.78 is 2.17. The summed E-state index contributed by atoms with van der Waals surface area (Å²) in [5.74, 6) is 0.728. The highest BCUT2D eigenvalue weighted by Crippen LogP contribution is 2.26. The largest absolute Gasteiger partial charge is 0.316 e. The molecule has 0 amide bonds. The average molecular weight is 279 g/mol. The molecule has 1 N–H and O–H groups in total. The highest BCUT2D eigenvalue weighted by molar-refractivity contribution is 5.12. The van der Waals surface area contributed by atoms with E-state index < -0.39 is 0 Å². The van der Waals surface area contributed by atoms with Crippen LogP contribution in [-0.2, 0) is 19.4 Å². The number of nitrogens with zero attached hydrogens (tertiary/aromatic N) is 2. The molecule has 0 fully saturated rings. The molecule has 0 aliphatic carbocycles. The highest BCUT2D eigenvalue weighted by atomic mass is 15.3. The Balaban J connectivity index is 2.54. The van der Waals surface area contributed by atoms with Crippen LogP contribution in [0.2, 0.25) is 0 Å². The maximum absolute atomic E-state index is 4.65. The summed E-state index contributed by atoms with van der Waals surface area (Å²) in [6.07, 6.45) is 3.34. The summed E-state index contributed by atoms with van der Waals surface area (Å²) >= 11 is 0. The minimum atomic E-state index is 0.321. The van der Waals surface area contributed by atoms with Crippen LogP contribution >= 0.6 is 0 Å². The molecule has 0 saturated heterocycles. The van der Waals surface area contributed by atoms with Crippen LogP contribution in [0.15, 0.2) is 6.07 Å². The fraction of sp³-hybridized carbons (Fsp3) is 0.824. The molecule has 0 bridgehead atoms. The minimum Gasteiger partial charge on any atom is -0.316 e. The standard InChI is InChI=1S/C17H33N3/c1-7-15-11-16(20(8-2)19-15)12-17(5,6)9-10-18-13-14(3)4/h11,14,18H,7-10,12-13H2,1-6H3. The Bertz CT molecular complexity index is 391. The SMILES string of the molecule is CCc1cc(CC(C)(C)CCNCC(C)C)n(CC)n1. The lowest BCUT2D eigenvalue weighted by atomic mass is 9.84. The molecule has 1 rings (SSSR count). The monoisotopic (exact) mass is 279 g/mol. The van der Waals surface area contributed by atoms with E-state index in [-0.39, 0.29) is 0 Å². The van der Waals surface area contributed by atoms with Crippen LogP contribution in [0, 0.1) is 11.3 Å². The lowest BCUT2D eigenvalue weighted by Crippen LogP contribution is -2.27. The average Bonchev–Trinajstić information content (AvgIpc) is 2.76. The van der Waals surface area contributed by atoms with Gasteiger partial charge < -0.3 is 5.32 Å². The van der Waals surface area contributed by atoms with Gasteiger partial charge in [0, 0.05) is 12.2 Å². The van der Waals surface area contributed by atoms with Crippen molar-refractivity contribution in [3.63, 3.8) is 0 Å². The molecule has 0 saturated carbocycles. The van der Waals surface area contributed by atoms with Gasteiger partial charge in [0.05, 0.1) is 5.69 Å². The molecule has 0 aromatic carbocycles. The van der Waals surface area contributed by atoms with Gasteiger partial charge in [-0.2, -0.15) is 5.10 Å². The molecule has 0 aliphatic rings. The summed E-state index contributed by atoms with van der Waals surface area (Å²) in [5, 5.41) is 8.20. The second kappa shape index (κ2) is 7.82. The van der Waals surface area contributed by atoms with E-state index in [1.165, 1.54) is 17.8 Å². The maximum atomic E-state index is 4.65. The molecule has 0 atom stereocenters. The van der Waals surface area contributed by atoms with Gasteiger partial charge in [-0.15, -0.1) is 0 Å². The molecular weight excluding hydrogens is 246 g/mol. The van der Waals surface area contributed by atoms with Gasteiger partial charge >= 0.3 is 0 Å². The Labute approximate surface area is 125 Å². The number of rotatable bonds is 9. The van der Waals surface area contributed by atoms with Gasteiger partial charge in [-0.1, -0.05) is 34.6 Å². The van der Waals surface area contributed by atoms with E-state index in [4.69, 9.17) is 0 Å². The van der Waals surface area contributed by atoms with Gasteiger partial charge in [-0.05, 0) is 56.7 Å². The lowest BCUT2D eigenvalue weighted by molar-refractivity contribution is 0.313. The number of hydrogen-bond acceptors (Lipinski definition) is 2. The number of hydrogen-bond donors (Lipinski definition) is 1. The van der Waals surface area contributed by atoms with E-state index in [0.717, 1.165) is 38.4 Å². The van der Waals surface area contributed by atoms with E-state index in [1.807, 2.05) is 0 Å². The third kappa shape index (κ3) is 5.66. The Morgan fingerprint density at radius 3 is 2.55 bits per heavy atom. The van der Waals surface area contributed by atoms with Gasteiger partial charge in [0.15, 0.2) is 0 Å². The minimum absolute atomic E-state index is 0.321. The zero-order valence-electron chi connectivity index (χ0n) is 14.3. The van der Waals surface area contributed by atoms with Gasteiger partial charge in [0.2, 0.25) is 0 Å². The second-order valence-corrected chi connectivity index (χ2v) is 6.99. The van der Waals surface area contributed by atoms with Crippen LogP contribution in [0.1, 0.15) is 59.4 Å². The molecular formula is C17H33N3. The van der Waals surface area contributed by atoms with E-state index in [1.54, 1.807) is 0 Å². The van der Waals surface area contributed by atoms with E-state index in [0.29, 0.717) is 5.41 Å². The van der Waals surface area contributed by atoms with Crippen molar-refractivity contribution in [3.8, 4) is 0 Å². The van der Waals surface area contributed by atoms with Crippen LogP contribution in [0.5, 0.6) is 0 Å². The lowest BCUT2D eigenvalue weighted by Gasteiger charge is -2.25. The van der Waals surface area contributed by atoms with E-state index >= 15 is 0 Å². The van der Waals surface area contributed by atoms with Crippen molar-refractivity contribution in [1.82, 2.24) is 15.1 Å². The van der Waals surface area contributed by atoms with Crippen molar-refractivity contribution in [3.05, 3.63) is 17.5 Å². The third-order valence-corrected chi connectivity index (χ3v) is 3.77. The molecule has 0 spiro atoms. The van der Waals surface area contributed by atoms with E-state index in [2.05, 4.69) is 62.7 Å². The Morgan fingerprint density at radius 1 is 1.30 bits per heavy atom. The molecule has 3 heteroatoms. The predicted octanol–water partition coefficient (Wildman–Crippen LogP) is 3.67. The van der Waals surface area contributed by atoms with Crippen molar-refractivity contribution in [1.29, 1.82) is 0 Å². The van der Waals surface area contributed by atoms with Gasteiger partial charge in [0.1, 0.15) is 0 Å². The van der Waals surface area contributed by atoms with Crippen LogP contribution in [0.3, 0.4) is 0 Å². The van der Waals surface area contributed by atoms with Crippen LogP contribution in [0.4, 0.5) is 0 Å². The number of aromatic nitrogens is 2. The quantitative estimate of drug-likeness (QED) is 0.699. The van der Waals surface area contributed by atoms with Crippen LogP contribution in [0.25, 0.3) is 0 Å². The Hall–Kier alpha value is -0.830. The topological polar surface area (TPSA) is 29.9 Å². The van der Waals surface area contributed by atoms with Crippen molar-refractivity contribution in [2.45, 2.75) is 67.3 Å². The second-order valence-electron chi connectivity index (χ2n) is 6.99. The summed E-state index contributed by atoms with van der Waals surface area (Å²) in [7, 11) is 0. The molecule has 20 heavy (non-hydrogen) atoms. The van der Waals surface area contributed by atoms with Crippen molar-refractivity contribution >= 4 is 0 Å². The van der Waals surface area contributed by atoms with Gasteiger partial charge in [0.25, 0.3) is 0 Å². The van der Waals surface area contributed by atoms with Crippen molar-refractivity contribution in [2.75, 3.05) is 13.1 Å². The molecule has 1 aromatic rings. The molecule has 1 heterocycles. The maximum Gasteiger partial charge on any atom is 0.0624 e. The van der Waals surface area contributed by atoms with Crippen molar-refractivity contribution < 1.29 is 0 Å². The molecule has 3 nitrogen and oxygen atoms in total. The first kappa shape index (κ1) is 17.2. The molecule has 0 aliphatic heterocycles. The molecule has 0 radical (unpaired) electrons. The number of nitrogens with one attached hydrogen (secondary N) is 1. The first-order chi connectivity index (χ1) is 9.38. The summed E-state index contributed by atoms with van der Waals surface area (Å²) in [5.41, 5.74) is 2.93. The Kier molecular flexibility index (Phi) is 6.74. The summed E-state index contributed by atoms with van der Waals surface area (Å²) in [6.45, 7) is 16.8. The van der Waals surface area contributed by atoms with Crippen molar-refractivity contribution in [2.24, 2.45) is 11.3 Å². The zero-order chi connectivity index (χ0) is 15.2. The van der Waals surface area contributed by atoms with Crippen LogP contribution in [-0.4, -0.2) is 22.9 Å². The summed E-state index contributed by atoms with van der Waals surface area (Å²) in [6, 6.07) is 2.28. The summed E-state index contributed by atoms with van der Waals surface area (Å²) in [4.78, 5) is 0. The highest BCUT2D eigenvalue weighted by Gasteiger charge is 2.20. The first-order valence-corrected chi connectivity index (χ1v) is 8.14. The van der Waals surface area contributed by atoms with Gasteiger partial charge in [-0.25, -0.2) is 0 Å². The smallest absolute Gasteiger partial charge is 0.0624 e. The Morgan fingerprint density at radius 2 is 2.00 bits per heavy atom. The van der Waals surface area contributed by atoms with E-state index in [9.17, 15) is 0 Å². The van der Waals surface area contributed by atoms with Gasteiger partial charge in [-0.3, -0.25) is 4.68 Å². The first-order valence-electron chi connectivity index (χ1n) is 8.14. The number of aryl methyl sites for hydroxylation is 2. The van der Waals surface area contributed by atoms with Crippen LogP contribution < -0.4 is 5.32 Å². The molecule has 0 unspecified atom stereocenters. The fourth-order valence-electron chi connectivity index (χ4n) is 2.50.